The van der Waals surface area contributed by atoms with Crippen LogP contribution in [0.4, 0.5) is 17.1 Å². The van der Waals surface area contributed by atoms with E-state index in [1.165, 1.54) is 5.56 Å². The summed E-state index contributed by atoms with van der Waals surface area (Å²) in [6, 6.07) is 30.1. The van der Waals surface area contributed by atoms with Crippen LogP contribution in [-0.2, 0) is 0 Å². The molecule has 0 spiro atoms. The van der Waals surface area contributed by atoms with Gasteiger partial charge in [-0.2, -0.15) is 0 Å². The topological polar surface area (TPSA) is 55.2 Å². The number of anilines is 1. The number of rotatable bonds is 5. The second kappa shape index (κ2) is 9.85. The summed E-state index contributed by atoms with van der Waals surface area (Å²) in [5, 5.41) is 3.47. The minimum absolute atomic E-state index is 0.567. The molecule has 0 radical (unpaired) electrons. The van der Waals surface area contributed by atoms with E-state index < -0.39 is 0 Å². The van der Waals surface area contributed by atoms with Gasteiger partial charge in [0.2, 0.25) is 0 Å². The monoisotopic (exact) mass is 461 g/mol. The number of amidine groups is 1. The molecule has 0 saturated carbocycles. The summed E-state index contributed by atoms with van der Waals surface area (Å²) in [5.41, 5.74) is 6.81. The van der Waals surface area contributed by atoms with Crippen LogP contribution in [0.15, 0.2) is 101 Å². The van der Waals surface area contributed by atoms with Crippen molar-refractivity contribution in [3.05, 3.63) is 108 Å². The fraction of sp³-hybridized carbons (Fsp3) is 0.133. The van der Waals surface area contributed by atoms with Crippen LogP contribution in [0, 0.1) is 13.8 Å². The normalized spacial score (nSPS) is 12.7. The highest BCUT2D eigenvalue weighted by molar-refractivity contribution is 6.18. The van der Waals surface area contributed by atoms with Crippen LogP contribution in [0.2, 0.25) is 0 Å². The van der Waals surface area contributed by atoms with E-state index in [1.54, 1.807) is 7.11 Å². The summed E-state index contributed by atoms with van der Waals surface area (Å²) in [4.78, 5) is 9.99. The molecule has 0 fully saturated rings. The first-order chi connectivity index (χ1) is 17.1. The number of nitrogens with zero attached hydrogens (tertiary/aromatic N) is 2. The molecule has 0 bridgehead atoms. The molecule has 4 aromatic carbocycles. The van der Waals surface area contributed by atoms with Gasteiger partial charge >= 0.3 is 0 Å². The van der Waals surface area contributed by atoms with Gasteiger partial charge in [-0.1, -0.05) is 48.0 Å². The van der Waals surface area contributed by atoms with Crippen LogP contribution in [0.5, 0.6) is 17.2 Å². The lowest BCUT2D eigenvalue weighted by Crippen LogP contribution is -2.16. The van der Waals surface area contributed by atoms with Gasteiger partial charge in [0.05, 0.1) is 24.2 Å². The molecule has 0 atom stereocenters. The number of benzene rings is 4. The zero-order valence-electron chi connectivity index (χ0n) is 20.1. The highest BCUT2D eigenvalue weighted by Gasteiger charge is 2.17. The van der Waals surface area contributed by atoms with Crippen molar-refractivity contribution in [1.29, 1.82) is 0 Å². The maximum Gasteiger partial charge on any atom is 0.130 e. The Kier molecular flexibility index (Phi) is 6.31. The second-order valence-corrected chi connectivity index (χ2v) is 8.53. The first-order valence-electron chi connectivity index (χ1n) is 11.6. The van der Waals surface area contributed by atoms with E-state index in [1.807, 2.05) is 73.7 Å². The molecular weight excluding hydrogens is 434 g/mol. The summed E-state index contributed by atoms with van der Waals surface area (Å²) in [6.45, 7) is 4.12. The van der Waals surface area contributed by atoms with E-state index >= 15 is 0 Å². The summed E-state index contributed by atoms with van der Waals surface area (Å²) >= 11 is 0. The maximum absolute atomic E-state index is 6.17. The van der Waals surface area contributed by atoms with Crippen LogP contribution in [0.25, 0.3) is 0 Å². The standard InChI is InChI=1S/C30H27N3O2/c1-20-8-10-22(11-9-20)27-19-30(31-23-12-14-24(34-3)15-13-23)33-26-17-16-25(18-28(26)32-27)35-29-7-5-4-6-21(29)2/h4-18H,19H2,1-3H3,(H,31,33). The van der Waals surface area contributed by atoms with Crippen LogP contribution in [0.3, 0.4) is 0 Å². The van der Waals surface area contributed by atoms with Crippen LogP contribution < -0.4 is 14.8 Å². The second-order valence-electron chi connectivity index (χ2n) is 8.53. The van der Waals surface area contributed by atoms with Crippen molar-refractivity contribution >= 4 is 28.6 Å². The van der Waals surface area contributed by atoms with Crippen molar-refractivity contribution in [1.82, 2.24) is 0 Å². The maximum atomic E-state index is 6.17. The Morgan fingerprint density at radius 3 is 2.23 bits per heavy atom. The van der Waals surface area contributed by atoms with Gasteiger partial charge in [-0.05, 0) is 67.4 Å². The smallest absolute Gasteiger partial charge is 0.130 e. The summed E-state index contributed by atoms with van der Waals surface area (Å²) < 4.78 is 11.5. The molecule has 4 aromatic rings. The molecule has 5 heteroatoms. The molecule has 1 aliphatic heterocycles. The number of aryl methyl sites for hydroxylation is 2. The number of hydrogen-bond donors (Lipinski definition) is 1. The minimum atomic E-state index is 0.567. The molecule has 1 aliphatic rings. The predicted octanol–water partition coefficient (Wildman–Crippen LogP) is 7.77. The molecule has 35 heavy (non-hydrogen) atoms. The Balaban J connectivity index is 1.52. The van der Waals surface area contributed by atoms with Crippen molar-refractivity contribution in [2.45, 2.75) is 20.3 Å². The number of nitrogens with one attached hydrogen (secondary N) is 1. The lowest BCUT2D eigenvalue weighted by Gasteiger charge is -2.11. The lowest BCUT2D eigenvalue weighted by molar-refractivity contribution is 0.415. The molecule has 0 saturated heterocycles. The Morgan fingerprint density at radius 1 is 0.743 bits per heavy atom. The zero-order valence-corrected chi connectivity index (χ0v) is 20.1. The van der Waals surface area contributed by atoms with Crippen molar-refractivity contribution < 1.29 is 9.47 Å². The Bertz CT molecular complexity index is 1400. The van der Waals surface area contributed by atoms with Gasteiger partial charge in [-0.25, -0.2) is 9.98 Å². The molecule has 0 aromatic heterocycles. The first-order valence-corrected chi connectivity index (χ1v) is 11.6. The molecule has 0 aliphatic carbocycles. The number of hydrogen-bond acceptors (Lipinski definition) is 5. The van der Waals surface area contributed by atoms with E-state index in [0.717, 1.165) is 57.0 Å². The third-order valence-electron chi connectivity index (χ3n) is 5.88. The van der Waals surface area contributed by atoms with E-state index in [9.17, 15) is 0 Å². The van der Waals surface area contributed by atoms with Gasteiger partial charge in [0, 0.05) is 18.2 Å². The molecule has 5 rings (SSSR count). The number of aliphatic imine (C=N–C) groups is 2. The zero-order chi connectivity index (χ0) is 24.2. The van der Waals surface area contributed by atoms with Crippen molar-refractivity contribution in [3.63, 3.8) is 0 Å². The summed E-state index contributed by atoms with van der Waals surface area (Å²) in [6.07, 6.45) is 0.567. The fourth-order valence-corrected chi connectivity index (χ4v) is 3.90. The van der Waals surface area contributed by atoms with Gasteiger partial charge < -0.3 is 14.8 Å². The Morgan fingerprint density at radius 2 is 1.49 bits per heavy atom. The highest BCUT2D eigenvalue weighted by atomic mass is 16.5. The first kappa shape index (κ1) is 22.4. The van der Waals surface area contributed by atoms with E-state index in [-0.39, 0.29) is 0 Å². The van der Waals surface area contributed by atoms with Crippen LogP contribution >= 0.6 is 0 Å². The SMILES string of the molecule is COc1ccc(NC2=Nc3ccc(Oc4ccccc4C)cc3N=C(c3ccc(C)cc3)C2)cc1. The third-order valence-corrected chi connectivity index (χ3v) is 5.88. The molecule has 0 unspecified atom stereocenters. The molecule has 5 nitrogen and oxygen atoms in total. The fourth-order valence-electron chi connectivity index (χ4n) is 3.90. The van der Waals surface area contributed by atoms with E-state index in [4.69, 9.17) is 19.5 Å². The number of methoxy groups -OCH3 is 1. The van der Waals surface area contributed by atoms with E-state index in [0.29, 0.717) is 6.42 Å². The Hall–Kier alpha value is -4.38. The van der Waals surface area contributed by atoms with Crippen LogP contribution in [-0.4, -0.2) is 18.7 Å². The van der Waals surface area contributed by atoms with Crippen molar-refractivity contribution in [3.8, 4) is 17.2 Å². The molecule has 1 N–H and O–H groups in total. The van der Waals surface area contributed by atoms with Gasteiger partial charge in [-0.15, -0.1) is 0 Å². The Labute approximate surface area is 205 Å². The van der Waals surface area contributed by atoms with Crippen LogP contribution in [0.1, 0.15) is 23.1 Å². The quantitative estimate of drug-likeness (QED) is 0.330. The van der Waals surface area contributed by atoms with Gasteiger partial charge in [0.25, 0.3) is 0 Å². The largest absolute Gasteiger partial charge is 0.497 e. The minimum Gasteiger partial charge on any atom is -0.497 e. The molecule has 1 heterocycles. The average molecular weight is 462 g/mol. The number of para-hydroxylation sites is 1. The number of ether oxygens (including phenoxy) is 2. The van der Waals surface area contributed by atoms with E-state index in [2.05, 4.69) is 36.5 Å². The van der Waals surface area contributed by atoms with Crippen molar-refractivity contribution in [2.75, 3.05) is 12.4 Å². The van der Waals surface area contributed by atoms with Gasteiger partial charge in [0.1, 0.15) is 23.1 Å². The number of fused-ring (bicyclic) bond motifs is 1. The molecule has 0 amide bonds. The van der Waals surface area contributed by atoms with Crippen molar-refractivity contribution in [2.24, 2.45) is 9.98 Å². The third kappa shape index (κ3) is 5.25. The van der Waals surface area contributed by atoms with Gasteiger partial charge in [0.15, 0.2) is 0 Å². The molecular formula is C30H27N3O2. The average Bonchev–Trinajstić information content (AvgIpc) is 3.05. The lowest BCUT2D eigenvalue weighted by atomic mass is 10.0. The summed E-state index contributed by atoms with van der Waals surface area (Å²) in [7, 11) is 1.66. The predicted molar refractivity (Wildman–Crippen MR) is 143 cm³/mol. The summed E-state index contributed by atoms with van der Waals surface area (Å²) in [5.74, 6) is 3.19. The van der Waals surface area contributed by atoms with Gasteiger partial charge in [-0.3, -0.25) is 0 Å². The molecule has 174 valence electrons. The highest BCUT2D eigenvalue weighted by Crippen LogP contribution is 2.37.